The zero-order valence-electron chi connectivity index (χ0n) is 12.4. The van der Waals surface area contributed by atoms with Crippen molar-refractivity contribution in [1.29, 1.82) is 0 Å². The molecule has 1 aromatic carbocycles. The van der Waals surface area contributed by atoms with Gasteiger partial charge in [0.1, 0.15) is 0 Å². The molecule has 1 heterocycles. The van der Waals surface area contributed by atoms with Gasteiger partial charge in [-0.3, -0.25) is 9.69 Å². The van der Waals surface area contributed by atoms with Gasteiger partial charge in [0.2, 0.25) is 5.91 Å². The van der Waals surface area contributed by atoms with Gasteiger partial charge in [-0.25, -0.2) is 0 Å². The van der Waals surface area contributed by atoms with Gasteiger partial charge in [-0.15, -0.1) is 12.4 Å². The maximum Gasteiger partial charge on any atom is 0.224 e. The number of piperidine rings is 1. The van der Waals surface area contributed by atoms with E-state index in [9.17, 15) is 4.79 Å². The Morgan fingerprint density at radius 2 is 2.14 bits per heavy atom. The molecule has 3 N–H and O–H groups in total. The topological polar surface area (TPSA) is 58.4 Å². The molecule has 1 amide bonds. The second-order valence-corrected chi connectivity index (χ2v) is 6.22. The molecule has 0 aromatic heterocycles. The van der Waals surface area contributed by atoms with E-state index in [0.29, 0.717) is 23.1 Å². The van der Waals surface area contributed by atoms with Crippen LogP contribution in [0.4, 0.5) is 0 Å². The highest BCUT2D eigenvalue weighted by molar-refractivity contribution is 6.42. The lowest BCUT2D eigenvalue weighted by atomic mass is 9.96. The van der Waals surface area contributed by atoms with Crippen LogP contribution in [-0.4, -0.2) is 37.0 Å². The number of carbonyl (C=O) groups excluding carboxylic acids is 1. The van der Waals surface area contributed by atoms with Crippen LogP contribution in [0, 0.1) is 5.92 Å². The lowest BCUT2D eigenvalue weighted by Crippen LogP contribution is -2.43. The van der Waals surface area contributed by atoms with Gasteiger partial charge in [0, 0.05) is 26.2 Å². The van der Waals surface area contributed by atoms with Crippen LogP contribution in [0.1, 0.15) is 18.4 Å². The van der Waals surface area contributed by atoms with E-state index in [-0.39, 0.29) is 24.2 Å². The number of amides is 1. The molecule has 0 aliphatic carbocycles. The maximum absolute atomic E-state index is 12.0. The van der Waals surface area contributed by atoms with Crippen molar-refractivity contribution >= 4 is 41.5 Å². The zero-order chi connectivity index (χ0) is 15.2. The summed E-state index contributed by atoms with van der Waals surface area (Å²) >= 11 is 12.0. The van der Waals surface area contributed by atoms with Crippen LogP contribution in [0.15, 0.2) is 18.2 Å². The highest BCUT2D eigenvalue weighted by Crippen LogP contribution is 2.24. The number of halogens is 3. The Hall–Kier alpha value is -0.520. The summed E-state index contributed by atoms with van der Waals surface area (Å²) in [6, 6.07) is 5.68. The minimum atomic E-state index is 0. The molecule has 0 spiro atoms. The fourth-order valence-electron chi connectivity index (χ4n) is 2.65. The van der Waals surface area contributed by atoms with E-state index in [1.165, 1.54) is 0 Å². The fourth-order valence-corrected chi connectivity index (χ4v) is 2.97. The first-order chi connectivity index (χ1) is 10.1. The highest BCUT2D eigenvalue weighted by atomic mass is 35.5. The third-order valence-corrected chi connectivity index (χ3v) is 4.45. The Balaban J connectivity index is 0.00000242. The molecule has 1 unspecified atom stereocenters. The molecule has 22 heavy (non-hydrogen) atoms. The van der Waals surface area contributed by atoms with E-state index >= 15 is 0 Å². The Labute approximate surface area is 147 Å². The predicted octanol–water partition coefficient (Wildman–Crippen LogP) is 2.70. The van der Waals surface area contributed by atoms with Gasteiger partial charge in [0.25, 0.3) is 0 Å². The first-order valence-corrected chi connectivity index (χ1v) is 8.00. The molecular weight excluding hydrogens is 345 g/mol. The first-order valence-electron chi connectivity index (χ1n) is 7.24. The molecular formula is C15H22Cl3N3O. The molecule has 124 valence electrons. The largest absolute Gasteiger partial charge is 0.355 e. The molecule has 0 saturated carbocycles. The van der Waals surface area contributed by atoms with E-state index in [2.05, 4.69) is 10.2 Å². The Morgan fingerprint density at radius 1 is 1.36 bits per heavy atom. The molecule has 0 bridgehead atoms. The number of hydrogen-bond acceptors (Lipinski definition) is 3. The van der Waals surface area contributed by atoms with E-state index in [1.807, 2.05) is 18.2 Å². The van der Waals surface area contributed by atoms with E-state index in [0.717, 1.165) is 38.0 Å². The highest BCUT2D eigenvalue weighted by Gasteiger charge is 2.25. The fraction of sp³-hybridized carbons (Fsp3) is 0.533. The molecule has 2 rings (SSSR count). The summed E-state index contributed by atoms with van der Waals surface area (Å²) in [6.45, 7) is 3.59. The minimum Gasteiger partial charge on any atom is -0.355 e. The average molecular weight is 367 g/mol. The summed E-state index contributed by atoms with van der Waals surface area (Å²) in [7, 11) is 0. The van der Waals surface area contributed by atoms with Crippen molar-refractivity contribution in [2.45, 2.75) is 19.4 Å². The molecule has 1 fully saturated rings. The van der Waals surface area contributed by atoms with Gasteiger partial charge in [-0.05, 0) is 37.1 Å². The van der Waals surface area contributed by atoms with Crippen molar-refractivity contribution in [3.63, 3.8) is 0 Å². The zero-order valence-corrected chi connectivity index (χ0v) is 14.7. The third kappa shape index (κ3) is 5.60. The second kappa shape index (κ2) is 9.58. The van der Waals surface area contributed by atoms with Crippen LogP contribution in [0.5, 0.6) is 0 Å². The Kier molecular flexibility index (Phi) is 8.50. The molecule has 7 heteroatoms. The standard InChI is InChI=1S/C15H21Cl2N3O.ClH/c16-13-4-3-11(8-14(13)17)9-20-7-1-2-12(10-20)15(21)19-6-5-18;/h3-4,8,12H,1-2,5-7,9-10,18H2,(H,19,21);1H. The van der Waals surface area contributed by atoms with Crippen molar-refractivity contribution in [3.8, 4) is 0 Å². The van der Waals surface area contributed by atoms with Gasteiger partial charge in [0.05, 0.1) is 16.0 Å². The Morgan fingerprint density at radius 3 is 2.82 bits per heavy atom. The monoisotopic (exact) mass is 365 g/mol. The van der Waals surface area contributed by atoms with Crippen molar-refractivity contribution in [3.05, 3.63) is 33.8 Å². The van der Waals surface area contributed by atoms with Gasteiger partial charge in [0.15, 0.2) is 0 Å². The first kappa shape index (κ1) is 19.5. The summed E-state index contributed by atoms with van der Waals surface area (Å²) in [6.07, 6.45) is 1.97. The summed E-state index contributed by atoms with van der Waals surface area (Å²) in [5.41, 5.74) is 6.53. The van der Waals surface area contributed by atoms with Gasteiger partial charge >= 0.3 is 0 Å². The van der Waals surface area contributed by atoms with Crippen LogP contribution in [0.25, 0.3) is 0 Å². The molecule has 1 atom stereocenters. The number of carbonyl (C=O) groups is 1. The average Bonchev–Trinajstić information content (AvgIpc) is 2.49. The van der Waals surface area contributed by atoms with Crippen molar-refractivity contribution in [2.24, 2.45) is 11.7 Å². The van der Waals surface area contributed by atoms with Crippen LogP contribution >= 0.6 is 35.6 Å². The number of nitrogens with two attached hydrogens (primary N) is 1. The molecule has 0 radical (unpaired) electrons. The van der Waals surface area contributed by atoms with Crippen molar-refractivity contribution in [1.82, 2.24) is 10.2 Å². The minimum absolute atomic E-state index is 0. The number of nitrogens with zero attached hydrogens (tertiary/aromatic N) is 1. The van der Waals surface area contributed by atoms with E-state index < -0.39 is 0 Å². The number of hydrogen-bond donors (Lipinski definition) is 2. The predicted molar refractivity (Wildman–Crippen MR) is 93.8 cm³/mol. The lowest BCUT2D eigenvalue weighted by molar-refractivity contribution is -0.126. The van der Waals surface area contributed by atoms with Gasteiger partial charge < -0.3 is 11.1 Å². The third-order valence-electron chi connectivity index (χ3n) is 3.71. The van der Waals surface area contributed by atoms with Gasteiger partial charge in [-0.1, -0.05) is 29.3 Å². The van der Waals surface area contributed by atoms with Crippen molar-refractivity contribution < 1.29 is 4.79 Å². The lowest BCUT2D eigenvalue weighted by Gasteiger charge is -2.32. The molecule has 1 saturated heterocycles. The quantitative estimate of drug-likeness (QED) is 0.842. The van der Waals surface area contributed by atoms with Gasteiger partial charge in [-0.2, -0.15) is 0 Å². The molecule has 4 nitrogen and oxygen atoms in total. The molecule has 1 aliphatic heterocycles. The van der Waals surface area contributed by atoms with Crippen LogP contribution < -0.4 is 11.1 Å². The van der Waals surface area contributed by atoms with Crippen LogP contribution in [-0.2, 0) is 11.3 Å². The normalized spacial score (nSPS) is 18.6. The van der Waals surface area contributed by atoms with E-state index in [1.54, 1.807) is 0 Å². The molecule has 1 aromatic rings. The van der Waals surface area contributed by atoms with Crippen LogP contribution in [0.2, 0.25) is 10.0 Å². The summed E-state index contributed by atoms with van der Waals surface area (Å²) in [4.78, 5) is 14.3. The number of benzene rings is 1. The smallest absolute Gasteiger partial charge is 0.224 e. The second-order valence-electron chi connectivity index (χ2n) is 5.40. The summed E-state index contributed by atoms with van der Waals surface area (Å²) < 4.78 is 0. The SMILES string of the molecule is Cl.NCCNC(=O)C1CCCN(Cc2ccc(Cl)c(Cl)c2)C1. The summed E-state index contributed by atoms with van der Waals surface area (Å²) in [5, 5.41) is 4.01. The van der Waals surface area contributed by atoms with Crippen molar-refractivity contribution in [2.75, 3.05) is 26.2 Å². The molecule has 1 aliphatic rings. The number of nitrogens with one attached hydrogen (secondary N) is 1. The number of likely N-dealkylation sites (tertiary alicyclic amines) is 1. The van der Waals surface area contributed by atoms with E-state index in [4.69, 9.17) is 28.9 Å². The maximum atomic E-state index is 12.0. The summed E-state index contributed by atoms with van der Waals surface area (Å²) in [5.74, 6) is 0.160. The Bertz CT molecular complexity index is 499. The van der Waals surface area contributed by atoms with Crippen LogP contribution in [0.3, 0.4) is 0 Å². The number of rotatable bonds is 5.